The summed E-state index contributed by atoms with van der Waals surface area (Å²) in [5.74, 6) is 1.69. The summed E-state index contributed by atoms with van der Waals surface area (Å²) in [6.07, 6.45) is 2.89. The van der Waals surface area contributed by atoms with Crippen LogP contribution in [0.3, 0.4) is 0 Å². The smallest absolute Gasteiger partial charge is 0.261 e. The molecule has 3 rings (SSSR count). The van der Waals surface area contributed by atoms with Crippen LogP contribution in [0.4, 0.5) is 17.5 Å². The van der Waals surface area contributed by atoms with Gasteiger partial charge in [0.2, 0.25) is 0 Å². The predicted octanol–water partition coefficient (Wildman–Crippen LogP) is 2.17. The lowest BCUT2D eigenvalue weighted by atomic mass is 10.2. The van der Waals surface area contributed by atoms with Crippen molar-refractivity contribution in [1.29, 1.82) is 0 Å². The molecule has 7 heteroatoms. The summed E-state index contributed by atoms with van der Waals surface area (Å²) >= 11 is 0. The molecule has 0 aliphatic carbocycles. The van der Waals surface area contributed by atoms with Gasteiger partial charge in [-0.15, -0.1) is 0 Å². The number of hydrogen-bond donors (Lipinski definition) is 3. The maximum absolute atomic E-state index is 12.5. The van der Waals surface area contributed by atoms with E-state index in [0.29, 0.717) is 29.4 Å². The van der Waals surface area contributed by atoms with Gasteiger partial charge < -0.3 is 20.3 Å². The quantitative estimate of drug-likeness (QED) is 0.660. The molecule has 3 aromatic rings. The van der Waals surface area contributed by atoms with Gasteiger partial charge in [0, 0.05) is 26.0 Å². The number of aryl methyl sites for hydroxylation is 2. The standard InChI is InChI=1S/C18H21N5O2/c1-11-4-6-19-14(8-11)21-15-9-13-5-7-23(3)18(25)16(13)17(22-15)20-10-12(2)24/h4-9,12,24H,10H2,1-3H3,(H2,19,20,21,22). The Hall–Kier alpha value is -2.93. The molecule has 3 N–H and O–H groups in total. The summed E-state index contributed by atoms with van der Waals surface area (Å²) < 4.78 is 1.51. The molecule has 0 aromatic carbocycles. The number of nitrogens with one attached hydrogen (secondary N) is 2. The summed E-state index contributed by atoms with van der Waals surface area (Å²) in [4.78, 5) is 21.3. The molecule has 1 unspecified atom stereocenters. The maximum atomic E-state index is 12.5. The highest BCUT2D eigenvalue weighted by atomic mass is 16.3. The largest absolute Gasteiger partial charge is 0.392 e. The zero-order chi connectivity index (χ0) is 18.0. The van der Waals surface area contributed by atoms with E-state index >= 15 is 0 Å². The molecule has 3 heterocycles. The Balaban J connectivity index is 2.08. The van der Waals surface area contributed by atoms with Crippen LogP contribution in [0.5, 0.6) is 0 Å². The normalized spacial score (nSPS) is 12.2. The number of nitrogens with zero attached hydrogens (tertiary/aromatic N) is 3. The third kappa shape index (κ3) is 3.77. The predicted molar refractivity (Wildman–Crippen MR) is 99.4 cm³/mol. The molecular weight excluding hydrogens is 318 g/mol. The highest BCUT2D eigenvalue weighted by molar-refractivity contribution is 5.93. The topological polar surface area (TPSA) is 92.1 Å². The van der Waals surface area contributed by atoms with Crippen LogP contribution in [0.25, 0.3) is 10.8 Å². The molecule has 3 aromatic heterocycles. The Kier molecular flexibility index (Phi) is 4.67. The second-order valence-corrected chi connectivity index (χ2v) is 6.13. The SMILES string of the molecule is Cc1ccnc(Nc2cc3ccn(C)c(=O)c3c(NCC(C)O)n2)c1. The van der Waals surface area contributed by atoms with E-state index in [1.807, 2.05) is 31.2 Å². The molecule has 0 bridgehead atoms. The molecule has 7 nitrogen and oxygen atoms in total. The van der Waals surface area contributed by atoms with E-state index in [-0.39, 0.29) is 5.56 Å². The lowest BCUT2D eigenvalue weighted by Crippen LogP contribution is -2.21. The van der Waals surface area contributed by atoms with Gasteiger partial charge in [0.05, 0.1) is 11.5 Å². The summed E-state index contributed by atoms with van der Waals surface area (Å²) in [7, 11) is 1.70. The van der Waals surface area contributed by atoms with Gasteiger partial charge in [-0.3, -0.25) is 4.79 Å². The number of aliphatic hydroxyl groups excluding tert-OH is 1. The Bertz CT molecular complexity index is 965. The van der Waals surface area contributed by atoms with E-state index in [1.54, 1.807) is 26.4 Å². The van der Waals surface area contributed by atoms with E-state index in [9.17, 15) is 9.90 Å². The van der Waals surface area contributed by atoms with Crippen molar-refractivity contribution in [2.45, 2.75) is 20.0 Å². The first kappa shape index (κ1) is 16.9. The molecular formula is C18H21N5O2. The number of aliphatic hydroxyl groups is 1. The molecule has 0 radical (unpaired) electrons. The first-order valence-electron chi connectivity index (χ1n) is 8.06. The fraction of sp³-hybridized carbons (Fsp3) is 0.278. The van der Waals surface area contributed by atoms with Gasteiger partial charge >= 0.3 is 0 Å². The minimum absolute atomic E-state index is 0.140. The first-order chi connectivity index (χ1) is 11.9. The minimum atomic E-state index is -0.556. The second kappa shape index (κ2) is 6.90. The minimum Gasteiger partial charge on any atom is -0.392 e. The molecule has 0 saturated carbocycles. The van der Waals surface area contributed by atoms with E-state index in [1.165, 1.54) is 4.57 Å². The highest BCUT2D eigenvalue weighted by Crippen LogP contribution is 2.24. The fourth-order valence-electron chi connectivity index (χ4n) is 2.53. The maximum Gasteiger partial charge on any atom is 0.261 e. The summed E-state index contributed by atoms with van der Waals surface area (Å²) in [5.41, 5.74) is 0.943. The Labute approximate surface area is 145 Å². The summed E-state index contributed by atoms with van der Waals surface area (Å²) in [6, 6.07) is 7.51. The van der Waals surface area contributed by atoms with Gasteiger partial charge in [-0.1, -0.05) is 0 Å². The van der Waals surface area contributed by atoms with E-state index in [0.717, 1.165) is 10.9 Å². The number of fused-ring (bicyclic) bond motifs is 1. The van der Waals surface area contributed by atoms with Crippen molar-refractivity contribution in [3.63, 3.8) is 0 Å². The van der Waals surface area contributed by atoms with Crippen molar-refractivity contribution >= 4 is 28.2 Å². The molecule has 0 spiro atoms. The Morgan fingerprint density at radius 2 is 2.08 bits per heavy atom. The van der Waals surface area contributed by atoms with Crippen molar-refractivity contribution in [2.75, 3.05) is 17.2 Å². The van der Waals surface area contributed by atoms with Gasteiger partial charge in [0.25, 0.3) is 5.56 Å². The number of anilines is 3. The van der Waals surface area contributed by atoms with Crippen molar-refractivity contribution in [3.05, 3.63) is 52.6 Å². The highest BCUT2D eigenvalue weighted by Gasteiger charge is 2.12. The Morgan fingerprint density at radius 1 is 1.28 bits per heavy atom. The molecule has 0 aliphatic rings. The van der Waals surface area contributed by atoms with Crippen LogP contribution >= 0.6 is 0 Å². The van der Waals surface area contributed by atoms with Crippen molar-refractivity contribution < 1.29 is 5.11 Å². The lowest BCUT2D eigenvalue weighted by molar-refractivity contribution is 0.208. The van der Waals surface area contributed by atoms with Crippen LogP contribution in [0, 0.1) is 6.92 Å². The number of rotatable bonds is 5. The van der Waals surface area contributed by atoms with E-state index in [2.05, 4.69) is 20.6 Å². The molecule has 0 saturated heterocycles. The molecule has 25 heavy (non-hydrogen) atoms. The number of hydrogen-bond acceptors (Lipinski definition) is 6. The van der Waals surface area contributed by atoms with E-state index in [4.69, 9.17) is 0 Å². The molecule has 1 atom stereocenters. The van der Waals surface area contributed by atoms with Gasteiger partial charge in [0.1, 0.15) is 17.5 Å². The van der Waals surface area contributed by atoms with Crippen LogP contribution in [-0.4, -0.2) is 32.3 Å². The third-order valence-corrected chi connectivity index (χ3v) is 3.80. The number of aromatic nitrogens is 3. The zero-order valence-electron chi connectivity index (χ0n) is 14.4. The van der Waals surface area contributed by atoms with Crippen LogP contribution < -0.4 is 16.2 Å². The van der Waals surface area contributed by atoms with Crippen LogP contribution in [0.15, 0.2) is 41.5 Å². The fourth-order valence-corrected chi connectivity index (χ4v) is 2.53. The van der Waals surface area contributed by atoms with Crippen molar-refractivity contribution in [1.82, 2.24) is 14.5 Å². The van der Waals surface area contributed by atoms with Crippen LogP contribution in [0.2, 0.25) is 0 Å². The average Bonchev–Trinajstić information content (AvgIpc) is 2.56. The monoisotopic (exact) mass is 339 g/mol. The second-order valence-electron chi connectivity index (χ2n) is 6.13. The third-order valence-electron chi connectivity index (χ3n) is 3.80. The molecule has 0 amide bonds. The van der Waals surface area contributed by atoms with Gasteiger partial charge in [0.15, 0.2) is 0 Å². The van der Waals surface area contributed by atoms with Crippen molar-refractivity contribution in [2.24, 2.45) is 7.05 Å². The summed E-state index contributed by atoms with van der Waals surface area (Å²) in [5, 5.41) is 17.0. The zero-order valence-corrected chi connectivity index (χ0v) is 14.4. The Morgan fingerprint density at radius 3 is 2.80 bits per heavy atom. The average molecular weight is 339 g/mol. The van der Waals surface area contributed by atoms with Crippen molar-refractivity contribution in [3.8, 4) is 0 Å². The lowest BCUT2D eigenvalue weighted by Gasteiger charge is -2.14. The molecule has 0 fully saturated rings. The first-order valence-corrected chi connectivity index (χ1v) is 8.06. The number of pyridine rings is 3. The van der Waals surface area contributed by atoms with Gasteiger partial charge in [-0.2, -0.15) is 0 Å². The van der Waals surface area contributed by atoms with Gasteiger partial charge in [-0.05, 0) is 49.1 Å². The van der Waals surface area contributed by atoms with Crippen LogP contribution in [-0.2, 0) is 7.05 Å². The van der Waals surface area contributed by atoms with Gasteiger partial charge in [-0.25, -0.2) is 9.97 Å². The summed E-state index contributed by atoms with van der Waals surface area (Å²) in [6.45, 7) is 3.96. The molecule has 130 valence electrons. The molecule has 0 aliphatic heterocycles. The van der Waals surface area contributed by atoms with E-state index < -0.39 is 6.10 Å². The van der Waals surface area contributed by atoms with Crippen LogP contribution in [0.1, 0.15) is 12.5 Å².